The molecular formula is C20H24N4O9. The van der Waals surface area contributed by atoms with E-state index in [2.05, 4.69) is 16.0 Å². The highest BCUT2D eigenvalue weighted by atomic mass is 16.4. The van der Waals surface area contributed by atoms with Gasteiger partial charge < -0.3 is 40.7 Å². The Morgan fingerprint density at radius 1 is 0.970 bits per heavy atom. The molecule has 0 atom stereocenters. The zero-order valence-electron chi connectivity index (χ0n) is 17.9. The fourth-order valence-corrected chi connectivity index (χ4v) is 2.65. The molecule has 178 valence electrons. The van der Waals surface area contributed by atoms with Crippen LogP contribution in [0.15, 0.2) is 36.8 Å². The fraction of sp³-hybridized carbons (Fsp3) is 0.350. The molecule has 0 saturated carbocycles. The van der Waals surface area contributed by atoms with E-state index < -0.39 is 62.9 Å². The predicted octanol–water partition coefficient (Wildman–Crippen LogP) is -0.979. The highest BCUT2D eigenvalue weighted by molar-refractivity contribution is 5.96. The Bertz CT molecular complexity index is 1170. The van der Waals surface area contributed by atoms with Crippen LogP contribution in [-0.2, 0) is 0 Å². The van der Waals surface area contributed by atoms with Gasteiger partial charge in [-0.3, -0.25) is 24.0 Å². The molecule has 0 unspecified atom stereocenters. The number of rotatable bonds is 10. The predicted molar refractivity (Wildman–Crippen MR) is 113 cm³/mol. The highest BCUT2D eigenvalue weighted by Gasteiger charge is 2.22. The van der Waals surface area contributed by atoms with Gasteiger partial charge in [-0.15, -0.1) is 0 Å². The minimum absolute atomic E-state index is 0.0710. The molecule has 2 aromatic rings. The lowest BCUT2D eigenvalue weighted by atomic mass is 10.0. The molecule has 0 aliphatic rings. The summed E-state index contributed by atoms with van der Waals surface area (Å²) in [6.45, 7) is 4.19. The minimum Gasteiger partial charge on any atom is -0.501 e. The van der Waals surface area contributed by atoms with Crippen molar-refractivity contribution in [3.8, 4) is 11.5 Å². The molecule has 0 spiro atoms. The van der Waals surface area contributed by atoms with Gasteiger partial charge in [-0.25, -0.2) is 0 Å². The van der Waals surface area contributed by atoms with Gasteiger partial charge in [-0.05, 0) is 20.3 Å². The van der Waals surface area contributed by atoms with Gasteiger partial charge in [0.1, 0.15) is 0 Å². The smallest absolute Gasteiger partial charge is 0.291 e. The number of primary amides is 1. The summed E-state index contributed by atoms with van der Waals surface area (Å²) in [5.41, 5.74) is 2.81. The standard InChI is InChI=1S/C20H24N4O9/c1-20(2,4-5-22-18(30)15-13(27)10(25)3-8-32-15)24-7-6-23-19(31)16-14(28)11(26)9-12(33-16)17(21)29/h3,8-9,24,27-28H,4-7H2,1-2H3,(H2,21,29)(H,22,30)(H,23,31). The van der Waals surface area contributed by atoms with E-state index in [1.54, 1.807) is 0 Å². The zero-order valence-corrected chi connectivity index (χ0v) is 17.9. The van der Waals surface area contributed by atoms with Crippen molar-refractivity contribution in [1.29, 1.82) is 0 Å². The molecule has 0 bridgehead atoms. The van der Waals surface area contributed by atoms with Gasteiger partial charge in [0.2, 0.25) is 33.9 Å². The summed E-state index contributed by atoms with van der Waals surface area (Å²) in [5.74, 6) is -6.21. The van der Waals surface area contributed by atoms with Crippen molar-refractivity contribution in [1.82, 2.24) is 16.0 Å². The molecule has 0 radical (unpaired) electrons. The van der Waals surface area contributed by atoms with Crippen LogP contribution in [0.4, 0.5) is 0 Å². The van der Waals surface area contributed by atoms with E-state index in [-0.39, 0.29) is 19.6 Å². The molecule has 3 amide bonds. The van der Waals surface area contributed by atoms with Crippen LogP contribution in [0.1, 0.15) is 51.9 Å². The second kappa shape index (κ2) is 10.5. The summed E-state index contributed by atoms with van der Waals surface area (Å²) < 4.78 is 9.77. The molecule has 13 nitrogen and oxygen atoms in total. The van der Waals surface area contributed by atoms with Crippen molar-refractivity contribution in [2.24, 2.45) is 5.73 Å². The lowest BCUT2D eigenvalue weighted by Crippen LogP contribution is -2.45. The number of carbonyl (C=O) groups excluding carboxylic acids is 3. The van der Waals surface area contributed by atoms with Crippen molar-refractivity contribution < 1.29 is 33.4 Å². The third-order valence-corrected chi connectivity index (χ3v) is 4.48. The molecule has 0 aromatic carbocycles. The molecule has 7 N–H and O–H groups in total. The molecule has 2 heterocycles. The SMILES string of the molecule is CC(C)(CCNC(=O)c1occc(=O)c1O)NCCNC(=O)c1oc(C(N)=O)cc(=O)c1O. The van der Waals surface area contributed by atoms with Crippen LogP contribution in [0.5, 0.6) is 11.5 Å². The van der Waals surface area contributed by atoms with E-state index in [0.717, 1.165) is 12.3 Å². The summed E-state index contributed by atoms with van der Waals surface area (Å²) in [6.07, 6.45) is 1.44. The summed E-state index contributed by atoms with van der Waals surface area (Å²) >= 11 is 0. The maximum absolute atomic E-state index is 12.2. The van der Waals surface area contributed by atoms with E-state index in [0.29, 0.717) is 12.5 Å². The lowest BCUT2D eigenvalue weighted by molar-refractivity contribution is 0.0895. The molecule has 0 aliphatic carbocycles. The first-order valence-corrected chi connectivity index (χ1v) is 9.72. The Morgan fingerprint density at radius 3 is 2.24 bits per heavy atom. The fourth-order valence-electron chi connectivity index (χ4n) is 2.65. The topological polar surface area (TPSA) is 214 Å². The first-order valence-electron chi connectivity index (χ1n) is 9.72. The summed E-state index contributed by atoms with van der Waals surface area (Å²) in [4.78, 5) is 58.4. The average molecular weight is 464 g/mol. The Balaban J connectivity index is 1.82. The highest BCUT2D eigenvalue weighted by Crippen LogP contribution is 2.14. The van der Waals surface area contributed by atoms with Gasteiger partial charge in [0, 0.05) is 37.3 Å². The first-order chi connectivity index (χ1) is 15.4. The molecule has 2 aromatic heterocycles. The van der Waals surface area contributed by atoms with Crippen LogP contribution < -0.4 is 32.5 Å². The Labute approximate surface area is 186 Å². The van der Waals surface area contributed by atoms with Crippen LogP contribution in [0.2, 0.25) is 0 Å². The van der Waals surface area contributed by atoms with Crippen LogP contribution in [0.3, 0.4) is 0 Å². The normalized spacial score (nSPS) is 11.1. The second-order valence-electron chi connectivity index (χ2n) is 7.55. The minimum atomic E-state index is -1.07. The van der Waals surface area contributed by atoms with Gasteiger partial charge in [0.15, 0.2) is 5.76 Å². The van der Waals surface area contributed by atoms with E-state index >= 15 is 0 Å². The molecule has 2 rings (SSSR count). The van der Waals surface area contributed by atoms with Gasteiger partial charge in [-0.2, -0.15) is 0 Å². The van der Waals surface area contributed by atoms with Crippen LogP contribution in [-0.4, -0.2) is 53.1 Å². The van der Waals surface area contributed by atoms with Crippen molar-refractivity contribution >= 4 is 17.7 Å². The summed E-state index contributed by atoms with van der Waals surface area (Å²) in [6, 6.07) is 1.67. The van der Waals surface area contributed by atoms with Crippen molar-refractivity contribution in [2.75, 3.05) is 19.6 Å². The molecule has 0 aliphatic heterocycles. The summed E-state index contributed by atoms with van der Waals surface area (Å²) in [5, 5.41) is 27.4. The van der Waals surface area contributed by atoms with Crippen molar-refractivity contribution in [3.63, 3.8) is 0 Å². The molecular weight excluding hydrogens is 440 g/mol. The van der Waals surface area contributed by atoms with E-state index in [1.165, 1.54) is 0 Å². The number of amides is 3. The maximum Gasteiger partial charge on any atom is 0.291 e. The average Bonchev–Trinajstić information content (AvgIpc) is 2.74. The molecule has 13 heteroatoms. The maximum atomic E-state index is 12.2. The number of nitrogens with one attached hydrogen (secondary N) is 3. The van der Waals surface area contributed by atoms with Crippen molar-refractivity contribution in [3.05, 3.63) is 56.1 Å². The van der Waals surface area contributed by atoms with Crippen LogP contribution in [0, 0.1) is 0 Å². The van der Waals surface area contributed by atoms with Crippen LogP contribution >= 0.6 is 0 Å². The monoisotopic (exact) mass is 464 g/mol. The first kappa shape index (κ1) is 25.1. The Kier molecular flexibility index (Phi) is 7.96. The van der Waals surface area contributed by atoms with E-state index in [1.807, 2.05) is 13.8 Å². The number of aromatic hydroxyl groups is 2. The third kappa shape index (κ3) is 6.67. The quantitative estimate of drug-likeness (QED) is 0.236. The van der Waals surface area contributed by atoms with E-state index in [9.17, 15) is 34.2 Å². The van der Waals surface area contributed by atoms with Gasteiger partial charge >= 0.3 is 0 Å². The Hall–Kier alpha value is -4.13. The molecule has 0 saturated heterocycles. The van der Waals surface area contributed by atoms with E-state index in [4.69, 9.17) is 14.6 Å². The molecule has 0 fully saturated rings. The Morgan fingerprint density at radius 2 is 1.58 bits per heavy atom. The number of hydrogen-bond acceptors (Lipinski definition) is 10. The van der Waals surface area contributed by atoms with Gasteiger partial charge in [0.05, 0.1) is 6.26 Å². The second-order valence-corrected chi connectivity index (χ2v) is 7.55. The number of nitrogens with two attached hydrogens (primary N) is 1. The number of hydrogen-bond donors (Lipinski definition) is 6. The largest absolute Gasteiger partial charge is 0.501 e. The lowest BCUT2D eigenvalue weighted by Gasteiger charge is -2.26. The van der Waals surface area contributed by atoms with Crippen LogP contribution in [0.25, 0.3) is 0 Å². The summed E-state index contributed by atoms with van der Waals surface area (Å²) in [7, 11) is 0. The van der Waals surface area contributed by atoms with Gasteiger partial charge in [0.25, 0.3) is 17.7 Å². The van der Waals surface area contributed by atoms with Crippen molar-refractivity contribution in [2.45, 2.75) is 25.8 Å². The zero-order chi connectivity index (χ0) is 24.8. The number of carbonyl (C=O) groups is 3. The molecule has 33 heavy (non-hydrogen) atoms. The van der Waals surface area contributed by atoms with Gasteiger partial charge in [-0.1, -0.05) is 0 Å². The third-order valence-electron chi connectivity index (χ3n) is 4.48.